The molecule has 4 heteroatoms. The Morgan fingerprint density at radius 1 is 1.00 bits per heavy atom. The van der Waals surface area contributed by atoms with Crippen molar-refractivity contribution in [2.45, 2.75) is 52.4 Å². The number of fused-ring (bicyclic) bond motifs is 1. The van der Waals surface area contributed by atoms with Gasteiger partial charge in [0.05, 0.1) is 0 Å². The topological polar surface area (TPSA) is 31.8 Å². The number of nitrogens with zero attached hydrogens (tertiary/aromatic N) is 4. The molecule has 124 valence electrons. The summed E-state index contributed by atoms with van der Waals surface area (Å²) in [6.45, 7) is 13.1. The molecule has 0 radical (unpaired) electrons. The zero-order valence-corrected chi connectivity index (χ0v) is 15.7. The number of benzene rings is 1. The van der Waals surface area contributed by atoms with Crippen LogP contribution in [0.1, 0.15) is 52.9 Å². The zero-order valence-electron chi connectivity index (χ0n) is 15.7. The van der Waals surface area contributed by atoms with Gasteiger partial charge in [0.1, 0.15) is 12.0 Å². The van der Waals surface area contributed by atoms with E-state index < -0.39 is 0 Å². The third-order valence-corrected chi connectivity index (χ3v) is 4.21. The van der Waals surface area contributed by atoms with Gasteiger partial charge in [-0.3, -0.25) is 0 Å². The lowest BCUT2D eigenvalue weighted by Crippen LogP contribution is -2.17. The Morgan fingerprint density at radius 3 is 2.33 bits per heavy atom. The maximum Gasteiger partial charge on any atom is 0.497 e. The van der Waals surface area contributed by atoms with E-state index in [4.69, 9.17) is 4.98 Å². The molecule has 0 unspecified atom stereocenters. The molecule has 1 aromatic heterocycles. The number of hydrogen-bond donors (Lipinski definition) is 0. The maximum absolute atomic E-state index is 4.84. The average molecular weight is 322 g/mol. The van der Waals surface area contributed by atoms with Crippen LogP contribution >= 0.6 is 0 Å². The van der Waals surface area contributed by atoms with E-state index >= 15 is 0 Å². The number of hydrogen-bond acceptors (Lipinski definition) is 2. The first-order valence-electron chi connectivity index (χ1n) is 8.35. The molecule has 0 amide bonds. The van der Waals surface area contributed by atoms with Crippen molar-refractivity contribution in [2.75, 3.05) is 7.05 Å². The quantitative estimate of drug-likeness (QED) is 0.730. The molecule has 0 N–H and O–H groups in total. The van der Waals surface area contributed by atoms with E-state index in [0.29, 0.717) is 0 Å². The van der Waals surface area contributed by atoms with E-state index in [1.54, 1.807) is 0 Å². The minimum Gasteiger partial charge on any atom is -0.233 e. The van der Waals surface area contributed by atoms with Crippen LogP contribution in [0.3, 0.4) is 0 Å². The monoisotopic (exact) mass is 322 g/mol. The van der Waals surface area contributed by atoms with Gasteiger partial charge in [0.2, 0.25) is 5.69 Å². The Bertz CT molecular complexity index is 873. The van der Waals surface area contributed by atoms with Crippen molar-refractivity contribution in [3.63, 3.8) is 0 Å². The highest BCUT2D eigenvalue weighted by molar-refractivity contribution is 5.71. The molecule has 1 aromatic carbocycles. The van der Waals surface area contributed by atoms with Crippen molar-refractivity contribution in [1.82, 2.24) is 14.5 Å². The van der Waals surface area contributed by atoms with Crippen LogP contribution in [0.15, 0.2) is 30.5 Å². The van der Waals surface area contributed by atoms with Crippen LogP contribution in [-0.2, 0) is 10.8 Å². The third kappa shape index (κ3) is 2.90. The van der Waals surface area contributed by atoms with Gasteiger partial charge in [-0.15, -0.1) is 0 Å². The summed E-state index contributed by atoms with van der Waals surface area (Å²) in [6, 6.07) is 11.9. The first kappa shape index (κ1) is 16.5. The second kappa shape index (κ2) is 5.35. The lowest BCUT2D eigenvalue weighted by atomic mass is 9.87. The Balaban J connectivity index is 2.14. The van der Waals surface area contributed by atoms with E-state index in [1.165, 1.54) is 5.56 Å². The van der Waals surface area contributed by atoms with Gasteiger partial charge in [-0.25, -0.2) is 4.98 Å². The van der Waals surface area contributed by atoms with Crippen molar-refractivity contribution in [3.05, 3.63) is 41.9 Å². The Labute approximate surface area is 144 Å². The summed E-state index contributed by atoms with van der Waals surface area (Å²) in [6.07, 6.45) is 1.89. The molecular formula is C20H26N4+2. The average Bonchev–Trinajstić information content (AvgIpc) is 2.82. The highest BCUT2D eigenvalue weighted by Gasteiger charge is 2.37. The zero-order chi connectivity index (χ0) is 17.7. The van der Waals surface area contributed by atoms with Crippen molar-refractivity contribution in [2.24, 2.45) is 0 Å². The molecule has 4 nitrogen and oxygen atoms in total. The Morgan fingerprint density at radius 2 is 1.71 bits per heavy atom. The fraction of sp³-hybridized carbons (Fsp3) is 0.450. The molecule has 0 atom stereocenters. The van der Waals surface area contributed by atoms with Crippen LogP contribution in [0, 0.1) is 0 Å². The van der Waals surface area contributed by atoms with Gasteiger partial charge < -0.3 is 0 Å². The number of aromatic nitrogens is 2. The largest absolute Gasteiger partial charge is 0.497 e. The predicted molar refractivity (Wildman–Crippen MR) is 98.2 cm³/mol. The van der Waals surface area contributed by atoms with E-state index in [2.05, 4.69) is 76.8 Å². The summed E-state index contributed by atoms with van der Waals surface area (Å²) in [5.41, 5.74) is 3.36. The van der Waals surface area contributed by atoms with Gasteiger partial charge in [0, 0.05) is 17.5 Å². The van der Waals surface area contributed by atoms with Crippen molar-refractivity contribution in [3.8, 4) is 0 Å². The van der Waals surface area contributed by atoms with Crippen LogP contribution < -0.4 is 4.58 Å². The first-order chi connectivity index (χ1) is 11.1. The molecule has 3 rings (SSSR count). The molecule has 2 heterocycles. The second-order valence-corrected chi connectivity index (χ2v) is 8.45. The van der Waals surface area contributed by atoms with Gasteiger partial charge in [-0.05, 0) is 15.6 Å². The molecular weight excluding hydrogens is 296 g/mol. The van der Waals surface area contributed by atoms with Gasteiger partial charge in [-0.1, -0.05) is 58.3 Å². The predicted octanol–water partition coefficient (Wildman–Crippen LogP) is 4.37. The molecule has 0 saturated carbocycles. The van der Waals surface area contributed by atoms with E-state index in [0.717, 1.165) is 23.0 Å². The standard InChI is InChI=1S/C20H26N4/c1-19(2,3)14-9-8-10-15(11-14)24-13-23(7)16-12-21-18(20(4,5)6)22-17(16)24/h8-12H,1-7H3/q+2. The van der Waals surface area contributed by atoms with Crippen LogP contribution in [-0.4, -0.2) is 27.6 Å². The molecule has 0 saturated heterocycles. The van der Waals surface area contributed by atoms with Crippen molar-refractivity contribution < 1.29 is 4.58 Å². The highest BCUT2D eigenvalue weighted by Crippen LogP contribution is 2.33. The fourth-order valence-electron chi connectivity index (χ4n) is 2.67. The molecule has 1 aliphatic rings. The summed E-state index contributed by atoms with van der Waals surface area (Å²) < 4.78 is 3.98. The summed E-state index contributed by atoms with van der Waals surface area (Å²) in [5.74, 6) is 1.74. The first-order valence-corrected chi connectivity index (χ1v) is 8.35. The summed E-state index contributed by atoms with van der Waals surface area (Å²) in [4.78, 5) is 9.37. The van der Waals surface area contributed by atoms with Crippen LogP contribution in [0.2, 0.25) is 0 Å². The fourth-order valence-corrected chi connectivity index (χ4v) is 2.67. The molecule has 0 aliphatic carbocycles. The minimum atomic E-state index is -0.0882. The van der Waals surface area contributed by atoms with Gasteiger partial charge >= 0.3 is 17.5 Å². The molecule has 24 heavy (non-hydrogen) atoms. The van der Waals surface area contributed by atoms with Gasteiger partial charge in [0.25, 0.3) is 0 Å². The Kier molecular flexibility index (Phi) is 3.69. The van der Waals surface area contributed by atoms with E-state index in [9.17, 15) is 0 Å². The smallest absolute Gasteiger partial charge is 0.233 e. The van der Waals surface area contributed by atoms with Gasteiger partial charge in [-0.2, -0.15) is 4.98 Å². The van der Waals surface area contributed by atoms with Crippen LogP contribution in [0.5, 0.6) is 0 Å². The summed E-state index contributed by atoms with van der Waals surface area (Å²) in [5, 5.41) is 0. The van der Waals surface area contributed by atoms with E-state index in [-0.39, 0.29) is 10.8 Å². The summed E-state index contributed by atoms with van der Waals surface area (Å²) >= 11 is 0. The van der Waals surface area contributed by atoms with Gasteiger partial charge in [0.15, 0.2) is 7.05 Å². The minimum absolute atomic E-state index is 0.0882. The highest BCUT2D eigenvalue weighted by atomic mass is 15.2. The Hall–Kier alpha value is -2.32. The third-order valence-electron chi connectivity index (χ3n) is 4.21. The summed E-state index contributed by atoms with van der Waals surface area (Å²) in [7, 11) is 1.98. The van der Waals surface area contributed by atoms with Crippen LogP contribution in [0.25, 0.3) is 0 Å². The van der Waals surface area contributed by atoms with Crippen molar-refractivity contribution >= 4 is 23.2 Å². The molecule has 1 aliphatic heterocycles. The van der Waals surface area contributed by atoms with Crippen molar-refractivity contribution in [1.29, 1.82) is 0 Å². The number of rotatable bonds is 1. The SMILES string of the molecule is C[N+]1=C=[N+](c2cccc(C(C)(C)C)c2)c2nc(C(C)(C)C)ncc21. The lowest BCUT2D eigenvalue weighted by Gasteiger charge is -2.18. The van der Waals surface area contributed by atoms with Crippen LogP contribution in [0.4, 0.5) is 17.2 Å². The lowest BCUT2D eigenvalue weighted by molar-refractivity contribution is -0.394. The molecule has 0 bridgehead atoms. The molecule has 0 fully saturated rings. The molecule has 0 spiro atoms. The normalized spacial score (nSPS) is 14.3. The second-order valence-electron chi connectivity index (χ2n) is 8.45. The molecule has 2 aromatic rings. The maximum atomic E-state index is 4.84. The van der Waals surface area contributed by atoms with E-state index in [1.807, 2.05) is 22.4 Å².